The first kappa shape index (κ1) is 16.8. The minimum absolute atomic E-state index is 0.121. The highest BCUT2D eigenvalue weighted by molar-refractivity contribution is 6.20. The Balaban J connectivity index is 2.47. The lowest BCUT2D eigenvalue weighted by molar-refractivity contribution is -0.140. The van der Waals surface area contributed by atoms with Gasteiger partial charge in [0.1, 0.15) is 6.61 Å². The molecule has 0 radical (unpaired) electrons. The topological polar surface area (TPSA) is 71.9 Å². The molecule has 0 atom stereocenters. The van der Waals surface area contributed by atoms with E-state index in [0.29, 0.717) is 13.2 Å². The number of allylic oxidation sites excluding steroid dienone is 1. The van der Waals surface area contributed by atoms with E-state index < -0.39 is 5.97 Å². The standard InChI is InChI=1S/C16H20N2O3/c1-2-3-4-7-10-20-12-14-8-5-6-9-15(14)13-21-16(19)11-18-17/h4-9,11H,2-3,10,12-13H2,1H3/b7-4+. The highest BCUT2D eigenvalue weighted by Crippen LogP contribution is 2.11. The van der Waals surface area contributed by atoms with Gasteiger partial charge in [0.15, 0.2) is 0 Å². The monoisotopic (exact) mass is 288 g/mol. The summed E-state index contributed by atoms with van der Waals surface area (Å²) in [5.41, 5.74) is 10.1. The number of hydrogen-bond acceptors (Lipinski definition) is 3. The first-order valence-electron chi connectivity index (χ1n) is 6.91. The first-order chi connectivity index (χ1) is 10.3. The fourth-order valence-corrected chi connectivity index (χ4v) is 1.66. The average Bonchev–Trinajstić information content (AvgIpc) is 2.50. The summed E-state index contributed by atoms with van der Waals surface area (Å²) in [6.45, 7) is 3.27. The summed E-state index contributed by atoms with van der Waals surface area (Å²) in [6, 6.07) is 7.58. The number of ether oxygens (including phenoxy) is 2. The van der Waals surface area contributed by atoms with E-state index in [-0.39, 0.29) is 6.61 Å². The Bertz CT molecular complexity index is 520. The molecule has 0 amide bonds. The van der Waals surface area contributed by atoms with Crippen LogP contribution in [0.4, 0.5) is 0 Å². The van der Waals surface area contributed by atoms with Crippen LogP contribution in [-0.4, -0.2) is 23.6 Å². The molecule has 5 nitrogen and oxygen atoms in total. The molecule has 0 aliphatic rings. The third kappa shape index (κ3) is 7.20. The Morgan fingerprint density at radius 2 is 1.95 bits per heavy atom. The Morgan fingerprint density at radius 1 is 1.24 bits per heavy atom. The molecule has 0 aliphatic heterocycles. The van der Waals surface area contributed by atoms with E-state index in [4.69, 9.17) is 15.0 Å². The van der Waals surface area contributed by atoms with Crippen LogP contribution in [0.5, 0.6) is 0 Å². The summed E-state index contributed by atoms with van der Waals surface area (Å²) in [4.78, 5) is 13.7. The van der Waals surface area contributed by atoms with Crippen LogP contribution in [0, 0.1) is 0 Å². The molecule has 1 rings (SSSR count). The third-order valence-electron chi connectivity index (χ3n) is 2.75. The summed E-state index contributed by atoms with van der Waals surface area (Å²) in [5, 5.41) is 0. The van der Waals surface area contributed by atoms with Crippen LogP contribution in [0.3, 0.4) is 0 Å². The molecule has 0 bridgehead atoms. The molecule has 0 heterocycles. The number of carbonyl (C=O) groups excluding carboxylic acids is 1. The van der Waals surface area contributed by atoms with Crippen molar-refractivity contribution in [3.63, 3.8) is 0 Å². The van der Waals surface area contributed by atoms with E-state index >= 15 is 0 Å². The van der Waals surface area contributed by atoms with Crippen LogP contribution in [0.15, 0.2) is 36.4 Å². The maximum Gasteiger partial charge on any atom is 0.413 e. The lowest BCUT2D eigenvalue weighted by Crippen LogP contribution is -2.08. The third-order valence-corrected chi connectivity index (χ3v) is 2.75. The number of rotatable bonds is 9. The van der Waals surface area contributed by atoms with Crippen LogP contribution in [0.25, 0.3) is 5.53 Å². The second-order valence-electron chi connectivity index (χ2n) is 4.40. The van der Waals surface area contributed by atoms with Crippen molar-refractivity contribution in [2.24, 2.45) is 0 Å². The van der Waals surface area contributed by atoms with E-state index in [1.165, 1.54) is 0 Å². The SMILES string of the molecule is CCC/C=C/COCc1ccccc1COC(=O)C=[N+]=[N-]. The second kappa shape index (κ2) is 10.5. The lowest BCUT2D eigenvalue weighted by atomic mass is 10.1. The molecule has 0 aliphatic carbocycles. The van der Waals surface area contributed by atoms with Gasteiger partial charge in [0.2, 0.25) is 0 Å². The smallest absolute Gasteiger partial charge is 0.413 e. The van der Waals surface area contributed by atoms with Gasteiger partial charge in [-0.15, -0.1) is 0 Å². The minimum Gasteiger partial charge on any atom is -0.452 e. The first-order valence-corrected chi connectivity index (χ1v) is 6.91. The molecule has 1 aromatic carbocycles. The van der Waals surface area contributed by atoms with E-state index in [9.17, 15) is 4.79 Å². The number of hydrogen-bond donors (Lipinski definition) is 0. The van der Waals surface area contributed by atoms with Crippen molar-refractivity contribution in [2.75, 3.05) is 6.61 Å². The van der Waals surface area contributed by atoms with Crippen LogP contribution in [-0.2, 0) is 27.5 Å². The van der Waals surface area contributed by atoms with E-state index in [0.717, 1.165) is 30.2 Å². The van der Waals surface area contributed by atoms with Gasteiger partial charge in [-0.1, -0.05) is 49.8 Å². The Kier molecular flexibility index (Phi) is 8.45. The van der Waals surface area contributed by atoms with Crippen LogP contribution in [0.1, 0.15) is 30.9 Å². The molecule has 0 spiro atoms. The van der Waals surface area contributed by atoms with Crippen molar-refractivity contribution in [1.29, 1.82) is 0 Å². The largest absolute Gasteiger partial charge is 0.452 e. The molecule has 0 fully saturated rings. The lowest BCUT2D eigenvalue weighted by Gasteiger charge is -2.08. The molecule has 0 saturated heterocycles. The Hall–Kier alpha value is -2.23. The van der Waals surface area contributed by atoms with Crippen molar-refractivity contribution in [3.8, 4) is 0 Å². The van der Waals surface area contributed by atoms with Crippen LogP contribution >= 0.6 is 0 Å². The maximum atomic E-state index is 11.1. The average molecular weight is 288 g/mol. The molecular weight excluding hydrogens is 268 g/mol. The molecule has 0 unspecified atom stereocenters. The number of esters is 1. The molecule has 0 N–H and O–H groups in total. The fraction of sp³-hybridized carbons (Fsp3) is 0.375. The van der Waals surface area contributed by atoms with Crippen molar-refractivity contribution >= 4 is 12.2 Å². The normalized spacial score (nSPS) is 10.3. The highest BCUT2D eigenvalue weighted by Gasteiger charge is 2.07. The summed E-state index contributed by atoms with van der Waals surface area (Å²) < 4.78 is 10.5. The summed E-state index contributed by atoms with van der Waals surface area (Å²) >= 11 is 0. The molecular formula is C16H20N2O3. The van der Waals surface area contributed by atoms with Gasteiger partial charge in [-0.3, -0.25) is 0 Å². The zero-order valence-corrected chi connectivity index (χ0v) is 12.2. The number of nitrogens with zero attached hydrogens (tertiary/aromatic N) is 2. The van der Waals surface area contributed by atoms with Crippen molar-refractivity contribution in [2.45, 2.75) is 33.0 Å². The second-order valence-corrected chi connectivity index (χ2v) is 4.40. The van der Waals surface area contributed by atoms with Gasteiger partial charge in [0.25, 0.3) is 0 Å². The van der Waals surface area contributed by atoms with Crippen LogP contribution in [0.2, 0.25) is 0 Å². The van der Waals surface area contributed by atoms with E-state index in [1.807, 2.05) is 30.3 Å². The van der Waals surface area contributed by atoms with Gasteiger partial charge in [-0.05, 0) is 17.5 Å². The predicted octanol–water partition coefficient (Wildman–Crippen LogP) is 2.90. The van der Waals surface area contributed by atoms with Gasteiger partial charge >= 0.3 is 12.2 Å². The van der Waals surface area contributed by atoms with Gasteiger partial charge in [0, 0.05) is 0 Å². The quantitative estimate of drug-likeness (QED) is 0.175. The van der Waals surface area contributed by atoms with E-state index in [1.54, 1.807) is 0 Å². The van der Waals surface area contributed by atoms with Gasteiger partial charge in [0.05, 0.1) is 13.2 Å². The number of carbonyl (C=O) groups is 1. The minimum atomic E-state index is -0.685. The summed E-state index contributed by atoms with van der Waals surface area (Å²) in [7, 11) is 0. The number of benzene rings is 1. The molecule has 1 aromatic rings. The summed E-state index contributed by atoms with van der Waals surface area (Å²) in [6.07, 6.45) is 7.01. The molecule has 21 heavy (non-hydrogen) atoms. The predicted molar refractivity (Wildman–Crippen MR) is 79.6 cm³/mol. The summed E-state index contributed by atoms with van der Waals surface area (Å²) in [5.74, 6) is -0.685. The molecule has 0 aromatic heterocycles. The van der Waals surface area contributed by atoms with Gasteiger partial charge in [-0.2, -0.15) is 4.79 Å². The maximum absolute atomic E-state index is 11.1. The van der Waals surface area contributed by atoms with Crippen molar-refractivity contribution in [1.82, 2.24) is 0 Å². The molecule has 112 valence electrons. The Morgan fingerprint density at radius 3 is 2.62 bits per heavy atom. The fourth-order valence-electron chi connectivity index (χ4n) is 1.66. The zero-order valence-electron chi connectivity index (χ0n) is 12.2. The van der Waals surface area contributed by atoms with Crippen molar-refractivity contribution < 1.29 is 19.1 Å². The molecule has 0 saturated carbocycles. The van der Waals surface area contributed by atoms with E-state index in [2.05, 4.69) is 17.8 Å². The van der Waals surface area contributed by atoms with Crippen molar-refractivity contribution in [3.05, 3.63) is 53.1 Å². The zero-order chi connectivity index (χ0) is 15.3. The van der Waals surface area contributed by atoms with Gasteiger partial charge < -0.3 is 15.0 Å². The van der Waals surface area contributed by atoms with Crippen LogP contribution < -0.4 is 0 Å². The molecule has 5 heteroatoms. The number of unbranched alkanes of at least 4 members (excludes halogenated alkanes) is 1. The Labute approximate surface area is 124 Å². The van der Waals surface area contributed by atoms with Gasteiger partial charge in [-0.25, -0.2) is 4.79 Å². The highest BCUT2D eigenvalue weighted by atomic mass is 16.5.